The first kappa shape index (κ1) is 14.9. The van der Waals surface area contributed by atoms with Gasteiger partial charge < -0.3 is 9.47 Å². The summed E-state index contributed by atoms with van der Waals surface area (Å²) in [6.45, 7) is 10.5. The second kappa shape index (κ2) is 4.05. The normalized spacial score (nSPS) is 60.4. The molecule has 0 unspecified atom stereocenters. The predicted octanol–water partition coefficient (Wildman–Crippen LogP) is 3.18. The molecule has 0 N–H and O–H groups in total. The molecule has 0 amide bonds. The van der Waals surface area contributed by atoms with Crippen molar-refractivity contribution in [3.63, 3.8) is 0 Å². The Hall–Kier alpha value is -0.650. The summed E-state index contributed by atoms with van der Waals surface area (Å²) in [5.41, 5.74) is -1.23. The minimum absolute atomic E-state index is 0.145. The molecule has 4 aliphatic heterocycles. The van der Waals surface area contributed by atoms with Crippen molar-refractivity contribution in [1.29, 1.82) is 0 Å². The topological polar surface area (TPSA) is 54.0 Å². The average molecular weight is 310 g/mol. The van der Waals surface area contributed by atoms with E-state index in [1.54, 1.807) is 0 Å². The zero-order valence-corrected chi connectivity index (χ0v) is 14.1. The zero-order valence-electron chi connectivity index (χ0n) is 14.1. The fourth-order valence-electron chi connectivity index (χ4n) is 5.42. The molecule has 0 aromatic carbocycles. The van der Waals surface area contributed by atoms with Gasteiger partial charge in [-0.15, -0.1) is 0 Å². The molecule has 1 saturated carbocycles. The molecule has 5 nitrogen and oxygen atoms in total. The van der Waals surface area contributed by atoms with E-state index in [0.29, 0.717) is 5.92 Å². The van der Waals surface area contributed by atoms with Crippen LogP contribution >= 0.6 is 0 Å². The van der Waals surface area contributed by atoms with E-state index < -0.39 is 17.7 Å². The monoisotopic (exact) mass is 310 g/mol. The summed E-state index contributed by atoms with van der Waals surface area (Å²) in [5, 5.41) is 0. The van der Waals surface area contributed by atoms with Gasteiger partial charge in [0.1, 0.15) is 0 Å². The summed E-state index contributed by atoms with van der Waals surface area (Å²) < 4.78 is 11.9. The predicted molar refractivity (Wildman–Crippen MR) is 77.3 cm³/mol. The molecule has 2 bridgehead atoms. The van der Waals surface area contributed by atoms with E-state index in [-0.39, 0.29) is 22.7 Å². The summed E-state index contributed by atoms with van der Waals surface area (Å²) >= 11 is 0. The number of rotatable bonds is 0. The molecule has 4 heterocycles. The van der Waals surface area contributed by atoms with Crippen LogP contribution in [0.5, 0.6) is 0 Å². The summed E-state index contributed by atoms with van der Waals surface area (Å²) in [4.78, 5) is 24.3. The van der Waals surface area contributed by atoms with E-state index in [4.69, 9.17) is 19.2 Å². The van der Waals surface area contributed by atoms with Crippen LogP contribution in [0.3, 0.4) is 0 Å². The molecule has 1 spiro atoms. The Morgan fingerprint density at radius 1 is 1.00 bits per heavy atom. The maximum Gasteiger partial charge on any atom is 0.311 e. The van der Waals surface area contributed by atoms with Gasteiger partial charge in [-0.05, 0) is 32.1 Å². The third-order valence-corrected chi connectivity index (χ3v) is 7.55. The number of carbonyl (C=O) groups is 1. The third-order valence-electron chi connectivity index (χ3n) is 7.55. The first-order valence-electron chi connectivity index (χ1n) is 8.44. The van der Waals surface area contributed by atoms with Crippen LogP contribution in [0.4, 0.5) is 0 Å². The Labute approximate surface area is 131 Å². The standard InChI is InChI=1S/C17H26O5/c1-10-6-7-15(4)11(2)12(18)19-13-17(15)14(10,3)8-9-16(5,20-13)21-22-17/h10-11,13H,6-9H2,1-5H3/t10-,11+,13-,14+,15+,16-,17-/m1/s1. The van der Waals surface area contributed by atoms with E-state index in [2.05, 4.69) is 20.8 Å². The van der Waals surface area contributed by atoms with Crippen LogP contribution in [0.1, 0.15) is 60.3 Å². The van der Waals surface area contributed by atoms with Crippen LogP contribution in [-0.2, 0) is 24.0 Å². The van der Waals surface area contributed by atoms with Crippen LogP contribution in [0.2, 0.25) is 0 Å². The smallest absolute Gasteiger partial charge is 0.311 e. The highest BCUT2D eigenvalue weighted by Crippen LogP contribution is 2.70. The van der Waals surface area contributed by atoms with Crippen LogP contribution in [-0.4, -0.2) is 23.6 Å². The van der Waals surface area contributed by atoms with Gasteiger partial charge in [0.25, 0.3) is 0 Å². The maximum absolute atomic E-state index is 12.4. The Kier molecular flexibility index (Phi) is 2.75. The SMILES string of the molecule is C[C@@H]1CC[C@@]2(C)[C@@H](C)C(=O)O[C@@H]3O[C@@]4(C)CC[C@]1(C)[C@]32OO4. The summed E-state index contributed by atoms with van der Waals surface area (Å²) in [6, 6.07) is 0. The van der Waals surface area contributed by atoms with Gasteiger partial charge in [-0.1, -0.05) is 27.7 Å². The lowest BCUT2D eigenvalue weighted by Gasteiger charge is -2.66. The molecule has 5 heteroatoms. The molecule has 7 atom stereocenters. The van der Waals surface area contributed by atoms with E-state index in [1.165, 1.54) is 0 Å². The molecule has 4 saturated heterocycles. The molecule has 124 valence electrons. The average Bonchev–Trinajstić information content (AvgIpc) is 2.65. The van der Waals surface area contributed by atoms with E-state index in [1.807, 2.05) is 13.8 Å². The van der Waals surface area contributed by atoms with Crippen molar-refractivity contribution in [3.8, 4) is 0 Å². The molecular weight excluding hydrogens is 284 g/mol. The van der Waals surface area contributed by atoms with Crippen LogP contribution in [0.15, 0.2) is 0 Å². The van der Waals surface area contributed by atoms with Gasteiger partial charge in [0, 0.05) is 17.3 Å². The summed E-state index contributed by atoms with van der Waals surface area (Å²) in [6.07, 6.45) is 3.00. The van der Waals surface area contributed by atoms with Crippen molar-refractivity contribution in [3.05, 3.63) is 0 Å². The van der Waals surface area contributed by atoms with Gasteiger partial charge in [-0.3, -0.25) is 4.79 Å². The van der Waals surface area contributed by atoms with Gasteiger partial charge >= 0.3 is 5.97 Å². The van der Waals surface area contributed by atoms with Crippen LogP contribution < -0.4 is 0 Å². The van der Waals surface area contributed by atoms with Crippen molar-refractivity contribution >= 4 is 5.97 Å². The van der Waals surface area contributed by atoms with Crippen molar-refractivity contribution in [1.82, 2.24) is 0 Å². The van der Waals surface area contributed by atoms with E-state index in [0.717, 1.165) is 25.7 Å². The first-order chi connectivity index (χ1) is 10.2. The second-order valence-electron chi connectivity index (χ2n) is 8.42. The second-order valence-corrected chi connectivity index (χ2v) is 8.42. The van der Waals surface area contributed by atoms with Crippen molar-refractivity contribution in [2.75, 3.05) is 0 Å². The molecule has 0 aromatic rings. The molecule has 22 heavy (non-hydrogen) atoms. The fraction of sp³-hybridized carbons (Fsp3) is 0.941. The van der Waals surface area contributed by atoms with Gasteiger partial charge in [0.15, 0.2) is 5.60 Å². The first-order valence-corrected chi connectivity index (χ1v) is 8.44. The number of carbonyl (C=O) groups excluding carboxylic acids is 1. The lowest BCUT2D eigenvalue weighted by molar-refractivity contribution is -0.575. The number of esters is 1. The third kappa shape index (κ3) is 1.39. The summed E-state index contributed by atoms with van der Waals surface area (Å²) in [5.74, 6) is -0.794. The minimum Gasteiger partial charge on any atom is -0.432 e. The maximum atomic E-state index is 12.4. The highest BCUT2D eigenvalue weighted by atomic mass is 17.3. The fourth-order valence-corrected chi connectivity index (χ4v) is 5.42. The highest BCUT2D eigenvalue weighted by Gasteiger charge is 2.78. The number of hydrogen-bond acceptors (Lipinski definition) is 5. The van der Waals surface area contributed by atoms with Gasteiger partial charge in [0.05, 0.1) is 5.92 Å². The molecule has 0 radical (unpaired) electrons. The van der Waals surface area contributed by atoms with Crippen molar-refractivity contribution in [2.24, 2.45) is 22.7 Å². The van der Waals surface area contributed by atoms with E-state index >= 15 is 0 Å². The van der Waals surface area contributed by atoms with Crippen LogP contribution in [0, 0.1) is 22.7 Å². The number of fused-ring (bicyclic) bond motifs is 2. The highest BCUT2D eigenvalue weighted by molar-refractivity contribution is 5.75. The Morgan fingerprint density at radius 3 is 2.45 bits per heavy atom. The van der Waals surface area contributed by atoms with Gasteiger partial charge in [-0.25, -0.2) is 9.78 Å². The molecular formula is C17H26O5. The lowest BCUT2D eigenvalue weighted by Crippen LogP contribution is -2.77. The van der Waals surface area contributed by atoms with Gasteiger partial charge in [0.2, 0.25) is 12.1 Å². The molecule has 5 rings (SSSR count). The van der Waals surface area contributed by atoms with E-state index in [9.17, 15) is 4.79 Å². The Bertz CT molecular complexity index is 535. The van der Waals surface area contributed by atoms with Crippen LogP contribution in [0.25, 0.3) is 0 Å². The quantitative estimate of drug-likeness (QED) is 0.508. The van der Waals surface area contributed by atoms with Crippen molar-refractivity contribution < 1.29 is 24.0 Å². The van der Waals surface area contributed by atoms with Gasteiger partial charge in [-0.2, -0.15) is 0 Å². The summed E-state index contributed by atoms with van der Waals surface area (Å²) in [7, 11) is 0. The Balaban J connectivity index is 1.96. The minimum atomic E-state index is -0.836. The Morgan fingerprint density at radius 2 is 1.73 bits per heavy atom. The zero-order chi connectivity index (χ0) is 16.0. The lowest BCUT2D eigenvalue weighted by atomic mass is 9.44. The number of hydrogen-bond donors (Lipinski definition) is 0. The number of ether oxygens (including phenoxy) is 2. The molecule has 1 aliphatic carbocycles. The molecule has 5 fully saturated rings. The largest absolute Gasteiger partial charge is 0.432 e. The molecule has 0 aromatic heterocycles. The van der Waals surface area contributed by atoms with Crippen molar-refractivity contribution in [2.45, 2.75) is 78.0 Å². The molecule has 5 aliphatic rings.